The predicted octanol–water partition coefficient (Wildman–Crippen LogP) is 4.87. The van der Waals surface area contributed by atoms with Crippen LogP contribution >= 0.6 is 0 Å². The molecular formula is C36H49N3O7. The lowest BCUT2D eigenvalue weighted by Gasteiger charge is -2.42. The summed E-state index contributed by atoms with van der Waals surface area (Å²) in [4.78, 5) is 44.4. The van der Waals surface area contributed by atoms with Gasteiger partial charge in [0.15, 0.2) is 0 Å². The number of nitrogens with one attached hydrogen (secondary N) is 1. The number of para-hydroxylation sites is 2. The first kappa shape index (κ1) is 33.7. The summed E-state index contributed by atoms with van der Waals surface area (Å²) in [6, 6.07) is 15.7. The van der Waals surface area contributed by atoms with Gasteiger partial charge in [0.25, 0.3) is 0 Å². The number of fused-ring (bicyclic) bond motifs is 2. The maximum Gasteiger partial charge on any atom is 0.410 e. The third-order valence-electron chi connectivity index (χ3n) is 9.48. The maximum atomic E-state index is 14.1. The highest BCUT2D eigenvalue weighted by Gasteiger charge is 2.45. The van der Waals surface area contributed by atoms with E-state index in [2.05, 4.69) is 17.4 Å². The molecule has 0 spiro atoms. The zero-order chi connectivity index (χ0) is 32.9. The third-order valence-corrected chi connectivity index (χ3v) is 9.48. The van der Waals surface area contributed by atoms with E-state index in [1.54, 1.807) is 32.8 Å². The number of nitrogens with zero attached hydrogens (tertiary/aromatic N) is 2. The fourth-order valence-corrected chi connectivity index (χ4v) is 7.26. The molecule has 2 saturated heterocycles. The summed E-state index contributed by atoms with van der Waals surface area (Å²) in [5.74, 6) is 0.0303. The summed E-state index contributed by atoms with van der Waals surface area (Å²) in [6.07, 6.45) is 3.86. The largest absolute Gasteiger partial charge is 0.457 e. The molecule has 3 aliphatic heterocycles. The summed E-state index contributed by atoms with van der Waals surface area (Å²) in [7, 11) is 1.70. The first-order chi connectivity index (χ1) is 22.1. The Labute approximate surface area is 272 Å². The lowest BCUT2D eigenvalue weighted by molar-refractivity contribution is -0.141. The third kappa shape index (κ3) is 7.33. The van der Waals surface area contributed by atoms with Crippen molar-refractivity contribution in [1.82, 2.24) is 15.1 Å². The Hall–Kier alpha value is -3.63. The number of aliphatic hydroxyl groups excluding tert-OH is 1. The molecule has 46 heavy (non-hydrogen) atoms. The minimum absolute atomic E-state index is 0.0999. The summed E-state index contributed by atoms with van der Waals surface area (Å²) in [5.41, 5.74) is 0.764. The number of methoxy groups -OCH3 is 1. The van der Waals surface area contributed by atoms with Gasteiger partial charge < -0.3 is 34.4 Å². The van der Waals surface area contributed by atoms with Crippen molar-refractivity contribution in [2.45, 2.75) is 76.4 Å². The van der Waals surface area contributed by atoms with E-state index in [-0.39, 0.29) is 37.6 Å². The van der Waals surface area contributed by atoms with Crippen molar-refractivity contribution < 1.29 is 33.7 Å². The molecule has 10 nitrogen and oxygen atoms in total. The minimum atomic E-state index is -0.720. The molecule has 3 aliphatic rings. The lowest BCUT2D eigenvalue weighted by Crippen LogP contribution is -2.55. The van der Waals surface area contributed by atoms with Gasteiger partial charge in [-0.05, 0) is 71.4 Å². The van der Waals surface area contributed by atoms with Crippen molar-refractivity contribution in [3.05, 3.63) is 59.7 Å². The molecule has 250 valence electrons. The molecule has 2 aromatic carbocycles. The predicted molar refractivity (Wildman–Crippen MR) is 174 cm³/mol. The molecule has 3 heterocycles. The second-order valence-corrected chi connectivity index (χ2v) is 13.9. The maximum absolute atomic E-state index is 14.1. The van der Waals surface area contributed by atoms with Crippen molar-refractivity contribution in [3.8, 4) is 11.5 Å². The number of hydrogen-bond acceptors (Lipinski definition) is 7. The molecule has 0 aromatic heterocycles. The molecule has 0 radical (unpaired) electrons. The van der Waals surface area contributed by atoms with Crippen LogP contribution < -0.4 is 10.1 Å². The van der Waals surface area contributed by atoms with Crippen LogP contribution in [-0.4, -0.2) is 91.0 Å². The molecule has 0 bridgehead atoms. The Morgan fingerprint density at radius 2 is 1.65 bits per heavy atom. The van der Waals surface area contributed by atoms with Gasteiger partial charge in [-0.3, -0.25) is 9.59 Å². The van der Waals surface area contributed by atoms with E-state index in [9.17, 15) is 19.5 Å². The van der Waals surface area contributed by atoms with Crippen molar-refractivity contribution in [2.24, 2.45) is 11.8 Å². The standard InChI is InChI=1S/C36H49N3O7/c1-35(2,3)46-34(43)38-21-25(20-26(22-38)33(42)39-18-11-12-27(39)23-40)32(41)37-24-36(17-9-10-19-44-4)28-13-5-7-15-30(28)45-31-16-8-6-14-29(31)36/h5-8,13-16,25-27,40H,9-12,17-24H2,1-4H3,(H,37,41)/t25-,26+,27?/m0/s1. The summed E-state index contributed by atoms with van der Waals surface area (Å²) >= 11 is 0. The smallest absolute Gasteiger partial charge is 0.410 e. The SMILES string of the molecule is COCCCCC1(CNC(=O)[C@H]2C[C@@H](C(=O)N3CCCC3CO)CN(C(=O)OC(C)(C)C)C2)c2ccccc2Oc2ccccc21. The zero-order valence-electron chi connectivity index (χ0n) is 27.6. The Morgan fingerprint density at radius 1 is 1.00 bits per heavy atom. The zero-order valence-corrected chi connectivity index (χ0v) is 27.6. The Balaban J connectivity index is 1.41. The van der Waals surface area contributed by atoms with E-state index in [4.69, 9.17) is 14.2 Å². The minimum Gasteiger partial charge on any atom is -0.457 e. The molecule has 0 aliphatic carbocycles. The number of aliphatic hydroxyl groups is 1. The highest BCUT2D eigenvalue weighted by Crippen LogP contribution is 2.50. The van der Waals surface area contributed by atoms with Crippen molar-refractivity contribution in [2.75, 3.05) is 46.5 Å². The van der Waals surface area contributed by atoms with Crippen LogP contribution in [0.25, 0.3) is 0 Å². The Morgan fingerprint density at radius 3 is 2.28 bits per heavy atom. The van der Waals surface area contributed by atoms with E-state index in [1.165, 1.54) is 4.90 Å². The number of unbranched alkanes of at least 4 members (excludes halogenated alkanes) is 1. The number of carbonyl (C=O) groups excluding carboxylic acids is 3. The van der Waals surface area contributed by atoms with Crippen LogP contribution in [0.15, 0.2) is 48.5 Å². The average Bonchev–Trinajstić information content (AvgIpc) is 3.53. The van der Waals surface area contributed by atoms with Crippen LogP contribution in [0.4, 0.5) is 4.79 Å². The monoisotopic (exact) mass is 635 g/mol. The average molecular weight is 636 g/mol. The molecule has 10 heteroatoms. The number of carbonyl (C=O) groups is 3. The van der Waals surface area contributed by atoms with Gasteiger partial charge in [-0.25, -0.2) is 4.79 Å². The first-order valence-electron chi connectivity index (χ1n) is 16.6. The van der Waals surface area contributed by atoms with Crippen LogP contribution in [0, 0.1) is 11.8 Å². The summed E-state index contributed by atoms with van der Waals surface area (Å²) < 4.78 is 17.3. The molecule has 5 rings (SSSR count). The fourth-order valence-electron chi connectivity index (χ4n) is 7.26. The highest BCUT2D eigenvalue weighted by atomic mass is 16.6. The molecule has 2 aromatic rings. The Bertz CT molecular complexity index is 1340. The molecule has 2 N–H and O–H groups in total. The summed E-state index contributed by atoms with van der Waals surface area (Å²) in [5, 5.41) is 13.2. The van der Waals surface area contributed by atoms with Gasteiger partial charge in [-0.2, -0.15) is 0 Å². The van der Waals surface area contributed by atoms with Crippen molar-refractivity contribution in [1.29, 1.82) is 0 Å². The van der Waals surface area contributed by atoms with Gasteiger partial charge in [0.05, 0.1) is 24.5 Å². The number of benzene rings is 2. The van der Waals surface area contributed by atoms with Crippen LogP contribution in [0.3, 0.4) is 0 Å². The topological polar surface area (TPSA) is 118 Å². The second-order valence-electron chi connectivity index (χ2n) is 13.9. The van der Waals surface area contributed by atoms with Gasteiger partial charge in [0.1, 0.15) is 17.1 Å². The second kappa shape index (κ2) is 14.4. The normalized spacial score (nSPS) is 22.0. The van der Waals surface area contributed by atoms with E-state index >= 15 is 0 Å². The molecule has 3 atom stereocenters. The van der Waals surface area contributed by atoms with Crippen LogP contribution in [-0.2, 0) is 24.5 Å². The summed E-state index contributed by atoms with van der Waals surface area (Å²) in [6.45, 7) is 7.17. The van der Waals surface area contributed by atoms with E-state index in [1.807, 2.05) is 36.4 Å². The van der Waals surface area contributed by atoms with Crippen molar-refractivity contribution in [3.63, 3.8) is 0 Å². The van der Waals surface area contributed by atoms with Gasteiger partial charge in [-0.1, -0.05) is 36.4 Å². The number of piperidine rings is 1. The number of hydrogen-bond donors (Lipinski definition) is 2. The molecule has 2 fully saturated rings. The molecule has 1 unspecified atom stereocenters. The van der Waals surface area contributed by atoms with Crippen molar-refractivity contribution >= 4 is 17.9 Å². The fraction of sp³-hybridized carbons (Fsp3) is 0.583. The van der Waals surface area contributed by atoms with E-state index < -0.39 is 28.9 Å². The van der Waals surface area contributed by atoms with Crippen LogP contribution in [0.5, 0.6) is 11.5 Å². The van der Waals surface area contributed by atoms with Crippen LogP contribution in [0.1, 0.15) is 70.4 Å². The van der Waals surface area contributed by atoms with Crippen LogP contribution in [0.2, 0.25) is 0 Å². The van der Waals surface area contributed by atoms with Gasteiger partial charge in [0.2, 0.25) is 11.8 Å². The van der Waals surface area contributed by atoms with Gasteiger partial charge in [0, 0.05) is 56.4 Å². The number of rotatable bonds is 10. The lowest BCUT2D eigenvalue weighted by atomic mass is 9.69. The molecule has 3 amide bonds. The van der Waals surface area contributed by atoms with E-state index in [0.29, 0.717) is 26.1 Å². The number of ether oxygens (including phenoxy) is 3. The van der Waals surface area contributed by atoms with Gasteiger partial charge >= 0.3 is 6.09 Å². The first-order valence-corrected chi connectivity index (χ1v) is 16.6. The Kier molecular flexibility index (Phi) is 10.6. The number of amides is 3. The quantitative estimate of drug-likeness (QED) is 0.358. The van der Waals surface area contributed by atoms with Gasteiger partial charge in [-0.15, -0.1) is 0 Å². The molecular weight excluding hydrogens is 586 g/mol. The number of likely N-dealkylation sites (tertiary alicyclic amines) is 2. The molecule has 0 saturated carbocycles. The highest BCUT2D eigenvalue weighted by molar-refractivity contribution is 5.84. The van der Waals surface area contributed by atoms with E-state index in [0.717, 1.165) is 54.7 Å².